The van der Waals surface area contributed by atoms with Crippen LogP contribution in [0.25, 0.3) is 0 Å². The van der Waals surface area contributed by atoms with Gasteiger partial charge >= 0.3 is 6.03 Å². The largest absolute Gasteiger partial charge is 0.338 e. The Balaban J connectivity index is 1.44. The SMILES string of the molecule is Cc1ccc(S(=O)(=O)N2CCN(C(=O)NCCCc3ccccc3)CC2)cc1. The molecule has 1 aliphatic rings. The third-order valence-electron chi connectivity index (χ3n) is 4.95. The second kappa shape index (κ2) is 9.21. The van der Waals surface area contributed by atoms with Gasteiger partial charge in [0.25, 0.3) is 0 Å². The molecule has 0 aliphatic carbocycles. The van der Waals surface area contributed by atoms with Gasteiger partial charge in [0.1, 0.15) is 0 Å². The number of nitrogens with one attached hydrogen (secondary N) is 1. The van der Waals surface area contributed by atoms with E-state index in [-0.39, 0.29) is 6.03 Å². The van der Waals surface area contributed by atoms with Crippen LogP contribution >= 0.6 is 0 Å². The number of benzene rings is 2. The van der Waals surface area contributed by atoms with Crippen LogP contribution in [0.15, 0.2) is 59.5 Å². The van der Waals surface area contributed by atoms with E-state index in [1.54, 1.807) is 29.2 Å². The molecule has 1 aliphatic heterocycles. The van der Waals surface area contributed by atoms with Crippen molar-refractivity contribution in [2.45, 2.75) is 24.7 Å². The third-order valence-corrected chi connectivity index (χ3v) is 6.86. The second-order valence-electron chi connectivity index (χ2n) is 7.03. The van der Waals surface area contributed by atoms with E-state index in [0.29, 0.717) is 37.6 Å². The number of piperazine rings is 1. The second-order valence-corrected chi connectivity index (χ2v) is 8.96. The van der Waals surface area contributed by atoms with Crippen molar-refractivity contribution in [2.75, 3.05) is 32.7 Å². The number of aryl methyl sites for hydroxylation is 2. The number of hydrogen-bond donors (Lipinski definition) is 1. The molecule has 7 heteroatoms. The molecule has 1 heterocycles. The number of hydrogen-bond acceptors (Lipinski definition) is 3. The highest BCUT2D eigenvalue weighted by Crippen LogP contribution is 2.18. The van der Waals surface area contributed by atoms with Gasteiger partial charge in [-0.3, -0.25) is 0 Å². The zero-order chi connectivity index (χ0) is 20.0. The van der Waals surface area contributed by atoms with E-state index in [1.807, 2.05) is 25.1 Å². The Hall–Kier alpha value is -2.38. The van der Waals surface area contributed by atoms with E-state index in [0.717, 1.165) is 18.4 Å². The average molecular weight is 402 g/mol. The smallest absolute Gasteiger partial charge is 0.317 e. The van der Waals surface area contributed by atoms with Crippen LogP contribution in [0.1, 0.15) is 17.5 Å². The van der Waals surface area contributed by atoms with E-state index < -0.39 is 10.0 Å². The first-order valence-electron chi connectivity index (χ1n) is 9.60. The predicted octanol–water partition coefficient (Wildman–Crippen LogP) is 2.64. The summed E-state index contributed by atoms with van der Waals surface area (Å²) in [6.07, 6.45) is 1.79. The van der Waals surface area contributed by atoms with E-state index in [1.165, 1.54) is 9.87 Å². The number of nitrogens with zero attached hydrogens (tertiary/aromatic N) is 2. The highest BCUT2D eigenvalue weighted by Gasteiger charge is 2.29. The van der Waals surface area contributed by atoms with Crippen molar-refractivity contribution in [1.82, 2.24) is 14.5 Å². The van der Waals surface area contributed by atoms with Gasteiger partial charge in [-0.15, -0.1) is 0 Å². The molecule has 6 nitrogen and oxygen atoms in total. The van der Waals surface area contributed by atoms with Gasteiger partial charge in [0, 0.05) is 32.7 Å². The lowest BCUT2D eigenvalue weighted by atomic mass is 10.1. The van der Waals surface area contributed by atoms with E-state index in [2.05, 4.69) is 17.4 Å². The number of sulfonamides is 1. The van der Waals surface area contributed by atoms with Crippen LogP contribution in [0.5, 0.6) is 0 Å². The lowest BCUT2D eigenvalue weighted by Crippen LogP contribution is -2.53. The van der Waals surface area contributed by atoms with E-state index in [4.69, 9.17) is 0 Å². The van der Waals surface area contributed by atoms with Gasteiger partial charge in [-0.1, -0.05) is 48.0 Å². The molecule has 3 rings (SSSR count). The average Bonchev–Trinajstić information content (AvgIpc) is 2.72. The molecule has 2 aromatic rings. The lowest BCUT2D eigenvalue weighted by molar-refractivity contribution is 0.172. The summed E-state index contributed by atoms with van der Waals surface area (Å²) in [6.45, 7) is 3.95. The molecular formula is C21H27N3O3S. The van der Waals surface area contributed by atoms with Crippen LogP contribution in [0, 0.1) is 6.92 Å². The molecule has 0 bridgehead atoms. The number of urea groups is 1. The fourth-order valence-corrected chi connectivity index (χ4v) is 4.66. The molecular weight excluding hydrogens is 374 g/mol. The Bertz CT molecular complexity index is 875. The summed E-state index contributed by atoms with van der Waals surface area (Å²) in [6, 6.07) is 16.9. The molecule has 150 valence electrons. The summed E-state index contributed by atoms with van der Waals surface area (Å²) in [5, 5.41) is 2.93. The van der Waals surface area contributed by atoms with Crippen molar-refractivity contribution in [3.05, 3.63) is 65.7 Å². The maximum Gasteiger partial charge on any atom is 0.317 e. The molecule has 2 aromatic carbocycles. The molecule has 0 spiro atoms. The van der Waals surface area contributed by atoms with Crippen molar-refractivity contribution in [3.63, 3.8) is 0 Å². The van der Waals surface area contributed by atoms with Crippen molar-refractivity contribution >= 4 is 16.1 Å². The van der Waals surface area contributed by atoms with Gasteiger partial charge in [-0.2, -0.15) is 4.31 Å². The maximum atomic E-state index is 12.7. The van der Waals surface area contributed by atoms with Gasteiger partial charge in [0.05, 0.1) is 4.90 Å². The summed E-state index contributed by atoms with van der Waals surface area (Å²) >= 11 is 0. The third kappa shape index (κ3) is 5.11. The minimum Gasteiger partial charge on any atom is -0.338 e. The van der Waals surface area contributed by atoms with Crippen molar-refractivity contribution < 1.29 is 13.2 Å². The Morgan fingerprint density at radius 3 is 2.25 bits per heavy atom. The normalized spacial score (nSPS) is 15.4. The highest BCUT2D eigenvalue weighted by atomic mass is 32.2. The van der Waals surface area contributed by atoms with Gasteiger partial charge in [-0.05, 0) is 37.5 Å². The van der Waals surface area contributed by atoms with Crippen molar-refractivity contribution in [3.8, 4) is 0 Å². The Morgan fingerprint density at radius 2 is 1.61 bits per heavy atom. The minimum atomic E-state index is -3.50. The van der Waals surface area contributed by atoms with Gasteiger partial charge in [0.15, 0.2) is 0 Å². The van der Waals surface area contributed by atoms with E-state index in [9.17, 15) is 13.2 Å². The predicted molar refractivity (Wildman–Crippen MR) is 110 cm³/mol. The lowest BCUT2D eigenvalue weighted by Gasteiger charge is -2.34. The Kier molecular flexibility index (Phi) is 6.70. The first kappa shape index (κ1) is 20.4. The molecule has 1 saturated heterocycles. The summed E-state index contributed by atoms with van der Waals surface area (Å²) in [5.74, 6) is 0. The monoisotopic (exact) mass is 401 g/mol. The number of amides is 2. The van der Waals surface area contributed by atoms with Crippen LogP contribution in [0.4, 0.5) is 4.79 Å². The zero-order valence-corrected chi connectivity index (χ0v) is 17.0. The minimum absolute atomic E-state index is 0.125. The highest BCUT2D eigenvalue weighted by molar-refractivity contribution is 7.89. The molecule has 0 radical (unpaired) electrons. The van der Waals surface area contributed by atoms with Gasteiger partial charge in [-0.25, -0.2) is 13.2 Å². The van der Waals surface area contributed by atoms with Gasteiger partial charge < -0.3 is 10.2 Å². The fourth-order valence-electron chi connectivity index (χ4n) is 3.24. The maximum absolute atomic E-state index is 12.7. The van der Waals surface area contributed by atoms with Crippen LogP contribution in [0.2, 0.25) is 0 Å². The molecule has 0 atom stereocenters. The van der Waals surface area contributed by atoms with Crippen molar-refractivity contribution in [2.24, 2.45) is 0 Å². The van der Waals surface area contributed by atoms with Crippen molar-refractivity contribution in [1.29, 1.82) is 0 Å². The summed E-state index contributed by atoms with van der Waals surface area (Å²) < 4.78 is 26.9. The fraction of sp³-hybridized carbons (Fsp3) is 0.381. The van der Waals surface area contributed by atoms with Gasteiger partial charge in [0.2, 0.25) is 10.0 Å². The first-order valence-corrected chi connectivity index (χ1v) is 11.0. The molecule has 2 amide bonds. The Morgan fingerprint density at radius 1 is 0.964 bits per heavy atom. The molecule has 0 saturated carbocycles. The molecule has 0 unspecified atom stereocenters. The number of carbonyl (C=O) groups excluding carboxylic acids is 1. The van der Waals surface area contributed by atoms with Crippen LogP contribution in [-0.4, -0.2) is 56.4 Å². The van der Waals surface area contributed by atoms with Crippen LogP contribution in [-0.2, 0) is 16.4 Å². The summed E-state index contributed by atoms with van der Waals surface area (Å²) in [7, 11) is -3.50. The topological polar surface area (TPSA) is 69.7 Å². The summed E-state index contributed by atoms with van der Waals surface area (Å²) in [5.41, 5.74) is 2.28. The molecule has 28 heavy (non-hydrogen) atoms. The quantitative estimate of drug-likeness (QED) is 0.757. The molecule has 0 aromatic heterocycles. The van der Waals surface area contributed by atoms with Crippen LogP contribution in [0.3, 0.4) is 0 Å². The number of carbonyl (C=O) groups is 1. The standard InChI is InChI=1S/C21H27N3O3S/c1-18-9-11-20(12-10-18)28(26,27)24-16-14-23(15-17-24)21(25)22-13-5-8-19-6-3-2-4-7-19/h2-4,6-7,9-12H,5,8,13-17H2,1H3,(H,22,25). The molecule has 1 N–H and O–H groups in total. The van der Waals surface area contributed by atoms with E-state index >= 15 is 0 Å². The summed E-state index contributed by atoms with van der Waals surface area (Å²) in [4.78, 5) is 14.3. The molecule has 1 fully saturated rings. The first-order chi connectivity index (χ1) is 13.5. The van der Waals surface area contributed by atoms with Crippen LogP contribution < -0.4 is 5.32 Å². The zero-order valence-electron chi connectivity index (χ0n) is 16.2. The number of rotatable bonds is 6. The Labute approximate surface area is 167 Å².